The van der Waals surface area contributed by atoms with E-state index in [0.29, 0.717) is 19.0 Å². The molecule has 158 valence electrons. The van der Waals surface area contributed by atoms with Gasteiger partial charge in [-0.1, -0.05) is 0 Å². The van der Waals surface area contributed by atoms with E-state index in [2.05, 4.69) is 15.2 Å². The van der Waals surface area contributed by atoms with Crippen LogP contribution in [0.15, 0.2) is 12.3 Å². The Hall–Kier alpha value is -2.71. The molecule has 2 saturated heterocycles. The van der Waals surface area contributed by atoms with Crippen LogP contribution in [0.1, 0.15) is 51.1 Å². The number of aromatic nitrogens is 2. The fraction of sp³-hybridized carbons (Fsp3) is 0.650. The van der Waals surface area contributed by atoms with Gasteiger partial charge in [0.15, 0.2) is 0 Å². The quantitative estimate of drug-likeness (QED) is 0.681. The van der Waals surface area contributed by atoms with Crippen LogP contribution >= 0.6 is 0 Å². The van der Waals surface area contributed by atoms with Crippen molar-refractivity contribution in [2.75, 3.05) is 31.1 Å². The van der Waals surface area contributed by atoms with Crippen molar-refractivity contribution >= 4 is 23.7 Å². The average molecular weight is 402 g/mol. The smallest absolute Gasteiger partial charge is 0.225 e. The average Bonchev–Trinajstić information content (AvgIpc) is 3.35. The second-order valence-electron chi connectivity index (χ2n) is 8.12. The van der Waals surface area contributed by atoms with Gasteiger partial charge in [-0.2, -0.15) is 0 Å². The van der Waals surface area contributed by atoms with Crippen LogP contribution < -0.4 is 16.0 Å². The molecule has 2 atom stereocenters. The summed E-state index contributed by atoms with van der Waals surface area (Å²) in [4.78, 5) is 49.3. The van der Waals surface area contributed by atoms with Crippen LogP contribution in [0.3, 0.4) is 0 Å². The number of likely N-dealkylation sites (tertiary alicyclic amines) is 1. The molecule has 3 heterocycles. The van der Waals surface area contributed by atoms with Crippen molar-refractivity contribution in [1.29, 1.82) is 0 Å². The summed E-state index contributed by atoms with van der Waals surface area (Å²) in [7, 11) is 0. The molecular weight excluding hydrogens is 372 g/mol. The molecule has 0 unspecified atom stereocenters. The molecule has 2 fully saturated rings. The number of primary amides is 1. The summed E-state index contributed by atoms with van der Waals surface area (Å²) >= 11 is 0. The van der Waals surface area contributed by atoms with E-state index in [1.165, 1.54) is 0 Å². The van der Waals surface area contributed by atoms with E-state index in [1.807, 2.05) is 19.9 Å². The SMILES string of the molecule is CC(C)NC(=O)[C@@H]1CN(C(=O)CCC(N)=O)C[C@H]1c1ccnc(N2CCCC2)n1. The van der Waals surface area contributed by atoms with Gasteiger partial charge in [-0.15, -0.1) is 0 Å². The summed E-state index contributed by atoms with van der Waals surface area (Å²) in [6.45, 7) is 6.39. The van der Waals surface area contributed by atoms with Crippen molar-refractivity contribution in [3.05, 3.63) is 18.0 Å². The molecule has 0 bridgehead atoms. The van der Waals surface area contributed by atoms with Crippen LogP contribution in [-0.2, 0) is 14.4 Å². The second-order valence-corrected chi connectivity index (χ2v) is 8.12. The van der Waals surface area contributed by atoms with Gasteiger partial charge in [0.2, 0.25) is 23.7 Å². The summed E-state index contributed by atoms with van der Waals surface area (Å²) in [6.07, 6.45) is 4.04. The molecule has 9 nitrogen and oxygen atoms in total. The maximum atomic E-state index is 12.8. The van der Waals surface area contributed by atoms with Crippen molar-refractivity contribution < 1.29 is 14.4 Å². The van der Waals surface area contributed by atoms with Gasteiger partial charge in [-0.25, -0.2) is 9.97 Å². The van der Waals surface area contributed by atoms with E-state index in [-0.39, 0.29) is 36.6 Å². The Morgan fingerprint density at radius 3 is 2.59 bits per heavy atom. The van der Waals surface area contributed by atoms with Crippen LogP contribution in [-0.4, -0.2) is 64.8 Å². The molecule has 0 aromatic carbocycles. The van der Waals surface area contributed by atoms with Crippen LogP contribution in [0.4, 0.5) is 5.95 Å². The molecule has 0 radical (unpaired) electrons. The van der Waals surface area contributed by atoms with Crippen LogP contribution in [0, 0.1) is 5.92 Å². The first kappa shape index (κ1) is 21.0. The first-order chi connectivity index (χ1) is 13.8. The first-order valence-electron chi connectivity index (χ1n) is 10.3. The monoisotopic (exact) mass is 402 g/mol. The lowest BCUT2D eigenvalue weighted by Gasteiger charge is -2.21. The van der Waals surface area contributed by atoms with E-state index in [9.17, 15) is 14.4 Å². The Balaban J connectivity index is 1.81. The minimum absolute atomic E-state index is 0.00771. The number of nitrogens with zero attached hydrogens (tertiary/aromatic N) is 4. The summed E-state index contributed by atoms with van der Waals surface area (Å²) < 4.78 is 0. The molecule has 0 aliphatic carbocycles. The van der Waals surface area contributed by atoms with E-state index >= 15 is 0 Å². The molecule has 9 heteroatoms. The van der Waals surface area contributed by atoms with Gasteiger partial charge in [-0.3, -0.25) is 14.4 Å². The zero-order valence-corrected chi connectivity index (χ0v) is 17.1. The van der Waals surface area contributed by atoms with Gasteiger partial charge in [0.05, 0.1) is 11.6 Å². The van der Waals surface area contributed by atoms with E-state index in [4.69, 9.17) is 10.7 Å². The second kappa shape index (κ2) is 9.19. The standard InChI is InChI=1S/C20H30N6O3/c1-13(2)23-19(29)15-12-26(18(28)6-5-17(21)27)11-14(15)16-7-8-22-20(24-16)25-9-3-4-10-25/h7-8,13-15H,3-6,9-12H2,1-2H3,(H2,21,27)(H,23,29)/t14-,15-/m1/s1. The highest BCUT2D eigenvalue weighted by Gasteiger charge is 2.41. The van der Waals surface area contributed by atoms with Crippen LogP contribution in [0.25, 0.3) is 0 Å². The summed E-state index contributed by atoms with van der Waals surface area (Å²) in [6, 6.07) is 1.84. The predicted molar refractivity (Wildman–Crippen MR) is 108 cm³/mol. The zero-order chi connectivity index (χ0) is 21.0. The van der Waals surface area contributed by atoms with Gasteiger partial charge in [0.25, 0.3) is 0 Å². The van der Waals surface area contributed by atoms with Gasteiger partial charge >= 0.3 is 0 Å². The number of anilines is 1. The molecule has 29 heavy (non-hydrogen) atoms. The maximum absolute atomic E-state index is 12.8. The van der Waals surface area contributed by atoms with Crippen LogP contribution in [0.2, 0.25) is 0 Å². The lowest BCUT2D eigenvalue weighted by Crippen LogP contribution is -2.39. The Labute approximate surface area is 171 Å². The topological polar surface area (TPSA) is 122 Å². The highest BCUT2D eigenvalue weighted by atomic mass is 16.2. The first-order valence-corrected chi connectivity index (χ1v) is 10.3. The predicted octanol–water partition coefficient (Wildman–Crippen LogP) is 0.409. The number of nitrogens with two attached hydrogens (primary N) is 1. The molecule has 1 aromatic heterocycles. The molecular formula is C20H30N6O3. The largest absolute Gasteiger partial charge is 0.370 e. The molecule has 1 aromatic rings. The Bertz CT molecular complexity index is 762. The summed E-state index contributed by atoms with van der Waals surface area (Å²) in [5, 5.41) is 2.96. The number of carbonyl (C=O) groups excluding carboxylic acids is 3. The van der Waals surface area contributed by atoms with Gasteiger partial charge in [-0.05, 0) is 32.8 Å². The van der Waals surface area contributed by atoms with Crippen LogP contribution in [0.5, 0.6) is 0 Å². The molecule has 0 saturated carbocycles. The third-order valence-corrected chi connectivity index (χ3v) is 5.46. The number of hydrogen-bond acceptors (Lipinski definition) is 6. The molecule has 0 spiro atoms. The van der Waals surface area contributed by atoms with Crippen molar-refractivity contribution in [1.82, 2.24) is 20.2 Å². The van der Waals surface area contributed by atoms with E-state index < -0.39 is 11.8 Å². The van der Waals surface area contributed by atoms with Crippen molar-refractivity contribution in [3.8, 4) is 0 Å². The number of hydrogen-bond donors (Lipinski definition) is 2. The number of nitrogens with one attached hydrogen (secondary N) is 1. The summed E-state index contributed by atoms with van der Waals surface area (Å²) in [5.41, 5.74) is 5.94. The Morgan fingerprint density at radius 1 is 1.21 bits per heavy atom. The normalized spacial score (nSPS) is 21.6. The number of rotatable bonds is 7. The molecule has 2 aliphatic rings. The van der Waals surface area contributed by atoms with Gasteiger partial charge in [0.1, 0.15) is 0 Å². The Kier molecular flexibility index (Phi) is 6.66. The van der Waals surface area contributed by atoms with Gasteiger partial charge < -0.3 is 20.9 Å². The van der Waals surface area contributed by atoms with Gasteiger partial charge in [0, 0.05) is 57.2 Å². The molecule has 2 aliphatic heterocycles. The molecule has 3 rings (SSSR count). The summed E-state index contributed by atoms with van der Waals surface area (Å²) in [5.74, 6) is -0.679. The van der Waals surface area contributed by atoms with Crippen molar-refractivity contribution in [3.63, 3.8) is 0 Å². The lowest BCUT2D eigenvalue weighted by atomic mass is 9.91. The molecule has 3 amide bonds. The fourth-order valence-corrected chi connectivity index (χ4v) is 3.99. The lowest BCUT2D eigenvalue weighted by molar-refractivity contribution is -0.132. The van der Waals surface area contributed by atoms with E-state index in [0.717, 1.165) is 31.6 Å². The third kappa shape index (κ3) is 5.21. The van der Waals surface area contributed by atoms with Crippen molar-refractivity contribution in [2.24, 2.45) is 11.7 Å². The number of amides is 3. The van der Waals surface area contributed by atoms with E-state index in [1.54, 1.807) is 11.1 Å². The fourth-order valence-electron chi connectivity index (χ4n) is 3.99. The zero-order valence-electron chi connectivity index (χ0n) is 17.1. The minimum Gasteiger partial charge on any atom is -0.370 e. The minimum atomic E-state index is -0.505. The maximum Gasteiger partial charge on any atom is 0.225 e. The third-order valence-electron chi connectivity index (χ3n) is 5.46. The highest BCUT2D eigenvalue weighted by Crippen LogP contribution is 2.33. The molecule has 3 N–H and O–H groups in total. The van der Waals surface area contributed by atoms with Crippen molar-refractivity contribution in [2.45, 2.75) is 51.5 Å². The highest BCUT2D eigenvalue weighted by molar-refractivity contribution is 5.85. The number of carbonyl (C=O) groups is 3. The Morgan fingerprint density at radius 2 is 1.93 bits per heavy atom.